The number of piperidine rings is 1. The van der Waals surface area contributed by atoms with Crippen molar-refractivity contribution in [1.82, 2.24) is 9.88 Å². The molecule has 24 heavy (non-hydrogen) atoms. The highest BCUT2D eigenvalue weighted by molar-refractivity contribution is 6.32. The molecule has 6 heteroatoms. The second-order valence-corrected chi connectivity index (χ2v) is 7.27. The molecule has 0 bridgehead atoms. The van der Waals surface area contributed by atoms with E-state index in [0.717, 1.165) is 55.8 Å². The van der Waals surface area contributed by atoms with Crippen molar-refractivity contribution < 1.29 is 4.79 Å². The number of aromatic nitrogens is 1. The van der Waals surface area contributed by atoms with Crippen LogP contribution in [0.15, 0.2) is 0 Å². The Morgan fingerprint density at radius 2 is 1.92 bits per heavy atom. The SMILES string of the molecule is Cc1nc(N2CCC(N(C)C(=O)C3CC3)CC2)c(C#N)c(C)c1Cl. The van der Waals surface area contributed by atoms with Gasteiger partial charge >= 0.3 is 0 Å². The smallest absolute Gasteiger partial charge is 0.225 e. The number of nitrogens with zero attached hydrogens (tertiary/aromatic N) is 4. The summed E-state index contributed by atoms with van der Waals surface area (Å²) >= 11 is 6.23. The Hall–Kier alpha value is -1.80. The summed E-state index contributed by atoms with van der Waals surface area (Å²) in [7, 11) is 1.93. The van der Waals surface area contributed by atoms with Gasteiger partial charge < -0.3 is 9.80 Å². The molecule has 1 aromatic heterocycles. The number of hydrogen-bond acceptors (Lipinski definition) is 4. The first-order valence-corrected chi connectivity index (χ1v) is 8.90. The maximum absolute atomic E-state index is 12.2. The third-order valence-electron chi connectivity index (χ3n) is 5.22. The summed E-state index contributed by atoms with van der Waals surface area (Å²) in [6.07, 6.45) is 3.89. The van der Waals surface area contributed by atoms with Crippen molar-refractivity contribution in [1.29, 1.82) is 5.26 Å². The van der Waals surface area contributed by atoms with Crippen LogP contribution in [0.1, 0.15) is 42.5 Å². The Labute approximate surface area is 148 Å². The number of rotatable bonds is 3. The van der Waals surface area contributed by atoms with E-state index in [-0.39, 0.29) is 12.0 Å². The average molecular weight is 347 g/mol. The van der Waals surface area contributed by atoms with Gasteiger partial charge in [-0.3, -0.25) is 4.79 Å². The first-order chi connectivity index (χ1) is 11.4. The van der Waals surface area contributed by atoms with Crippen molar-refractivity contribution in [3.05, 3.63) is 21.8 Å². The van der Waals surface area contributed by atoms with Crippen molar-refractivity contribution in [3.63, 3.8) is 0 Å². The number of nitriles is 1. The van der Waals surface area contributed by atoms with Gasteiger partial charge in [-0.25, -0.2) is 4.98 Å². The second-order valence-electron chi connectivity index (χ2n) is 6.89. The highest BCUT2D eigenvalue weighted by atomic mass is 35.5. The minimum atomic E-state index is 0.265. The molecule has 1 amide bonds. The lowest BCUT2D eigenvalue weighted by atomic mass is 10.0. The second kappa shape index (κ2) is 6.60. The van der Waals surface area contributed by atoms with E-state index < -0.39 is 0 Å². The average Bonchev–Trinajstić information content (AvgIpc) is 3.43. The molecule has 1 saturated carbocycles. The molecule has 0 aromatic carbocycles. The molecule has 0 spiro atoms. The van der Waals surface area contributed by atoms with Crippen molar-refractivity contribution >= 4 is 23.3 Å². The van der Waals surface area contributed by atoms with Crippen LogP contribution in [0.4, 0.5) is 5.82 Å². The first-order valence-electron chi connectivity index (χ1n) is 8.52. The van der Waals surface area contributed by atoms with Gasteiger partial charge in [0.15, 0.2) is 0 Å². The fraction of sp³-hybridized carbons (Fsp3) is 0.611. The number of carbonyl (C=O) groups is 1. The van der Waals surface area contributed by atoms with E-state index in [9.17, 15) is 10.1 Å². The molecule has 128 valence electrons. The van der Waals surface area contributed by atoms with E-state index in [2.05, 4.69) is 16.0 Å². The zero-order valence-electron chi connectivity index (χ0n) is 14.5. The van der Waals surface area contributed by atoms with E-state index in [1.54, 1.807) is 0 Å². The Morgan fingerprint density at radius 1 is 1.29 bits per heavy atom. The van der Waals surface area contributed by atoms with Crippen molar-refractivity contribution in [2.45, 2.75) is 45.6 Å². The number of hydrogen-bond donors (Lipinski definition) is 0. The molecule has 1 aromatic rings. The lowest BCUT2D eigenvalue weighted by Crippen LogP contribution is -2.46. The zero-order chi connectivity index (χ0) is 17.4. The lowest BCUT2D eigenvalue weighted by molar-refractivity contribution is -0.133. The minimum absolute atomic E-state index is 0.265. The lowest BCUT2D eigenvalue weighted by Gasteiger charge is -2.38. The summed E-state index contributed by atoms with van der Waals surface area (Å²) < 4.78 is 0. The van der Waals surface area contributed by atoms with E-state index >= 15 is 0 Å². The fourth-order valence-electron chi connectivity index (χ4n) is 3.44. The van der Waals surface area contributed by atoms with Gasteiger partial charge in [-0.05, 0) is 45.1 Å². The van der Waals surface area contributed by atoms with Crippen LogP contribution in [0, 0.1) is 31.1 Å². The summed E-state index contributed by atoms with van der Waals surface area (Å²) in [6, 6.07) is 2.54. The van der Waals surface area contributed by atoms with Crippen LogP contribution in [-0.4, -0.2) is 42.0 Å². The third kappa shape index (κ3) is 3.08. The first kappa shape index (κ1) is 17.0. The van der Waals surface area contributed by atoms with Gasteiger partial charge in [0, 0.05) is 32.1 Å². The molecule has 3 rings (SSSR count). The highest BCUT2D eigenvalue weighted by Gasteiger charge is 2.35. The summed E-state index contributed by atoms with van der Waals surface area (Å²) in [5.74, 6) is 1.29. The molecule has 5 nitrogen and oxygen atoms in total. The summed E-state index contributed by atoms with van der Waals surface area (Å²) in [6.45, 7) is 5.34. The predicted octanol–water partition coefficient (Wildman–Crippen LogP) is 3.06. The molecule has 0 unspecified atom stereocenters. The molecule has 2 aliphatic rings. The standard InChI is InChI=1S/C18H23ClN4O/c1-11-15(10-20)17(21-12(2)16(11)19)23-8-6-14(7-9-23)22(3)18(24)13-4-5-13/h13-14H,4-9H2,1-3H3. The number of halogens is 1. The monoisotopic (exact) mass is 346 g/mol. The summed E-state index contributed by atoms with van der Waals surface area (Å²) in [5, 5.41) is 10.1. The van der Waals surface area contributed by atoms with Gasteiger partial charge in [0.05, 0.1) is 16.3 Å². The maximum Gasteiger partial charge on any atom is 0.225 e. The van der Waals surface area contributed by atoms with Gasteiger partial charge in [-0.2, -0.15) is 5.26 Å². The van der Waals surface area contributed by atoms with Gasteiger partial charge in [0.25, 0.3) is 0 Å². The Balaban J connectivity index is 1.73. The zero-order valence-corrected chi connectivity index (χ0v) is 15.2. The van der Waals surface area contributed by atoms with Gasteiger partial charge in [0.1, 0.15) is 11.9 Å². The molecule has 0 radical (unpaired) electrons. The Kier molecular flexibility index (Phi) is 4.69. The summed E-state index contributed by atoms with van der Waals surface area (Å²) in [4.78, 5) is 20.9. The van der Waals surface area contributed by atoms with Gasteiger partial charge in [-0.15, -0.1) is 0 Å². The van der Waals surface area contributed by atoms with Crippen LogP contribution in [0.3, 0.4) is 0 Å². The van der Waals surface area contributed by atoms with E-state index in [1.807, 2.05) is 25.8 Å². The van der Waals surface area contributed by atoms with Gasteiger partial charge in [0.2, 0.25) is 5.91 Å². The summed E-state index contributed by atoms with van der Waals surface area (Å²) in [5.41, 5.74) is 2.11. The fourth-order valence-corrected chi connectivity index (χ4v) is 3.58. The van der Waals surface area contributed by atoms with Gasteiger partial charge in [-0.1, -0.05) is 11.6 Å². The molecule has 0 N–H and O–H groups in total. The number of aryl methyl sites for hydroxylation is 1. The van der Waals surface area contributed by atoms with E-state index in [4.69, 9.17) is 11.6 Å². The predicted molar refractivity (Wildman–Crippen MR) is 94.2 cm³/mol. The molecule has 1 saturated heterocycles. The largest absolute Gasteiger partial charge is 0.355 e. The van der Waals surface area contributed by atoms with E-state index in [1.165, 1.54) is 0 Å². The highest BCUT2D eigenvalue weighted by Crippen LogP contribution is 2.34. The van der Waals surface area contributed by atoms with Crippen LogP contribution in [-0.2, 0) is 4.79 Å². The van der Waals surface area contributed by atoms with E-state index in [0.29, 0.717) is 16.5 Å². The molecule has 2 heterocycles. The minimum Gasteiger partial charge on any atom is -0.355 e. The topological polar surface area (TPSA) is 60.2 Å². The Morgan fingerprint density at radius 3 is 2.46 bits per heavy atom. The maximum atomic E-state index is 12.2. The van der Waals surface area contributed by atoms with Crippen LogP contribution < -0.4 is 4.90 Å². The van der Waals surface area contributed by atoms with Crippen molar-refractivity contribution in [2.75, 3.05) is 25.0 Å². The molecule has 1 aliphatic carbocycles. The van der Waals surface area contributed by atoms with Crippen LogP contribution in [0.25, 0.3) is 0 Å². The number of pyridine rings is 1. The molecule has 2 fully saturated rings. The number of anilines is 1. The third-order valence-corrected chi connectivity index (χ3v) is 5.77. The molecule has 0 atom stereocenters. The molecular weight excluding hydrogens is 324 g/mol. The quantitative estimate of drug-likeness (QED) is 0.844. The normalized spacial score (nSPS) is 18.4. The van der Waals surface area contributed by atoms with Crippen molar-refractivity contribution in [2.24, 2.45) is 5.92 Å². The number of carbonyl (C=O) groups excluding carboxylic acids is 1. The van der Waals surface area contributed by atoms with Crippen molar-refractivity contribution in [3.8, 4) is 6.07 Å². The van der Waals surface area contributed by atoms with Crippen LogP contribution in [0.2, 0.25) is 5.02 Å². The Bertz CT molecular complexity index is 700. The van der Waals surface area contributed by atoms with Crippen LogP contribution >= 0.6 is 11.6 Å². The number of amides is 1. The van der Waals surface area contributed by atoms with Crippen LogP contribution in [0.5, 0.6) is 0 Å². The molecule has 1 aliphatic heterocycles. The molecular formula is C18H23ClN4O.